The lowest BCUT2D eigenvalue weighted by molar-refractivity contribution is 0.585. The second-order valence-corrected chi connectivity index (χ2v) is 10.3. The fourth-order valence-electron chi connectivity index (χ4n) is 3.13. The van der Waals surface area contributed by atoms with Crippen LogP contribution in [0.15, 0.2) is 18.2 Å². The van der Waals surface area contributed by atoms with E-state index in [0.717, 1.165) is 12.8 Å². The van der Waals surface area contributed by atoms with Crippen molar-refractivity contribution >= 4 is 43.0 Å². The van der Waals surface area contributed by atoms with Gasteiger partial charge in [0.15, 0.2) is 0 Å². The highest BCUT2D eigenvalue weighted by Crippen LogP contribution is 2.34. The molecule has 1 saturated carbocycles. The van der Waals surface area contributed by atoms with Gasteiger partial charge in [0.1, 0.15) is 0 Å². The third kappa shape index (κ3) is 3.44. The molecular formula is C14H19ClN2O4S2. The molecule has 3 rings (SSSR count). The summed E-state index contributed by atoms with van der Waals surface area (Å²) in [7, 11) is -6.74. The van der Waals surface area contributed by atoms with Gasteiger partial charge in [0.05, 0.1) is 27.4 Å². The van der Waals surface area contributed by atoms with Crippen molar-refractivity contribution in [2.24, 2.45) is 0 Å². The molecule has 0 unspecified atom stereocenters. The fraction of sp³-hybridized carbons (Fsp3) is 0.571. The first-order chi connectivity index (χ1) is 10.8. The first kappa shape index (κ1) is 16.9. The van der Waals surface area contributed by atoms with Gasteiger partial charge in [-0.3, -0.25) is 9.03 Å². The molecule has 1 aromatic rings. The van der Waals surface area contributed by atoms with Crippen LogP contribution in [0, 0.1) is 0 Å². The zero-order chi connectivity index (χ0) is 16.7. The fourth-order valence-corrected chi connectivity index (χ4v) is 6.62. The summed E-state index contributed by atoms with van der Waals surface area (Å²) in [5.74, 6) is 0.111. The van der Waals surface area contributed by atoms with Crippen LogP contribution in [0.5, 0.6) is 0 Å². The molecule has 0 amide bonds. The molecule has 0 atom stereocenters. The molecule has 1 aromatic carbocycles. The summed E-state index contributed by atoms with van der Waals surface area (Å²) in [6.07, 6.45) is 3.77. The number of sulfonamides is 2. The third-order valence-electron chi connectivity index (χ3n) is 4.32. The van der Waals surface area contributed by atoms with Crippen LogP contribution < -0.4 is 9.03 Å². The van der Waals surface area contributed by atoms with E-state index in [1.807, 2.05) is 0 Å². The number of anilines is 2. The minimum absolute atomic E-state index is 0.111. The summed E-state index contributed by atoms with van der Waals surface area (Å²) in [5.41, 5.74) is 0.759. The highest BCUT2D eigenvalue weighted by Gasteiger charge is 2.31. The quantitative estimate of drug-likeness (QED) is 0.872. The number of nitrogens with one attached hydrogen (secondary N) is 1. The van der Waals surface area contributed by atoms with Crippen LogP contribution >= 0.6 is 11.6 Å². The molecular weight excluding hydrogens is 360 g/mol. The van der Waals surface area contributed by atoms with Crippen molar-refractivity contribution in [2.75, 3.05) is 21.3 Å². The number of halogens is 1. The average Bonchev–Trinajstić information content (AvgIpc) is 3.08. The number of rotatable bonds is 4. The summed E-state index contributed by atoms with van der Waals surface area (Å²) in [4.78, 5) is 0. The van der Waals surface area contributed by atoms with Crippen molar-refractivity contribution in [1.29, 1.82) is 0 Å². The Morgan fingerprint density at radius 2 is 1.87 bits per heavy atom. The Kier molecular flexibility index (Phi) is 4.50. The monoisotopic (exact) mass is 378 g/mol. The first-order valence-electron chi connectivity index (χ1n) is 7.61. The first-order valence-corrected chi connectivity index (χ1v) is 11.1. The topological polar surface area (TPSA) is 83.6 Å². The number of benzene rings is 1. The van der Waals surface area contributed by atoms with E-state index in [0.29, 0.717) is 37.2 Å². The number of nitrogens with zero attached hydrogens (tertiary/aromatic N) is 1. The highest BCUT2D eigenvalue weighted by atomic mass is 35.5. The smallest absolute Gasteiger partial charge is 0.235 e. The zero-order valence-electron chi connectivity index (χ0n) is 12.5. The van der Waals surface area contributed by atoms with Crippen molar-refractivity contribution < 1.29 is 16.8 Å². The van der Waals surface area contributed by atoms with Crippen molar-refractivity contribution in [3.8, 4) is 0 Å². The Bertz CT molecular complexity index is 802. The van der Waals surface area contributed by atoms with E-state index in [4.69, 9.17) is 11.6 Å². The molecule has 0 spiro atoms. The largest absolute Gasteiger partial charge is 0.283 e. The maximum absolute atomic E-state index is 12.3. The van der Waals surface area contributed by atoms with E-state index in [-0.39, 0.29) is 16.0 Å². The van der Waals surface area contributed by atoms with Gasteiger partial charge in [-0.15, -0.1) is 0 Å². The lowest BCUT2D eigenvalue weighted by Gasteiger charge is -2.19. The molecule has 6 nitrogen and oxygen atoms in total. The minimum atomic E-state index is -3.43. The van der Waals surface area contributed by atoms with Crippen molar-refractivity contribution in [3.05, 3.63) is 23.2 Å². The maximum Gasteiger partial charge on any atom is 0.235 e. The Labute approximate surface area is 141 Å². The third-order valence-corrected chi connectivity index (χ3v) is 8.34. The Morgan fingerprint density at radius 1 is 1.17 bits per heavy atom. The Balaban J connectivity index is 1.82. The van der Waals surface area contributed by atoms with E-state index in [1.165, 1.54) is 10.4 Å². The van der Waals surface area contributed by atoms with E-state index in [1.54, 1.807) is 12.1 Å². The van der Waals surface area contributed by atoms with E-state index >= 15 is 0 Å². The normalized spacial score (nSPS) is 21.7. The minimum Gasteiger partial charge on any atom is -0.283 e. The van der Waals surface area contributed by atoms with Gasteiger partial charge in [0.2, 0.25) is 20.0 Å². The van der Waals surface area contributed by atoms with E-state index in [9.17, 15) is 16.8 Å². The molecule has 0 aromatic heterocycles. The predicted molar refractivity (Wildman–Crippen MR) is 92.0 cm³/mol. The van der Waals surface area contributed by atoms with Crippen molar-refractivity contribution in [3.63, 3.8) is 0 Å². The van der Waals surface area contributed by atoms with Gasteiger partial charge in [-0.2, -0.15) is 0 Å². The molecule has 1 saturated heterocycles. The van der Waals surface area contributed by atoms with E-state index in [2.05, 4.69) is 4.72 Å². The van der Waals surface area contributed by atoms with Crippen LogP contribution in [0.1, 0.15) is 32.1 Å². The Morgan fingerprint density at radius 3 is 2.43 bits per heavy atom. The lowest BCUT2D eigenvalue weighted by atomic mass is 10.3. The van der Waals surface area contributed by atoms with Crippen LogP contribution in [0.25, 0.3) is 0 Å². The summed E-state index contributed by atoms with van der Waals surface area (Å²) in [6, 6.07) is 4.58. The summed E-state index contributed by atoms with van der Waals surface area (Å²) >= 11 is 6.18. The summed E-state index contributed by atoms with van der Waals surface area (Å²) in [6.45, 7) is 0.398. The molecule has 0 bridgehead atoms. The zero-order valence-corrected chi connectivity index (χ0v) is 14.9. The molecule has 2 fully saturated rings. The maximum atomic E-state index is 12.3. The average molecular weight is 379 g/mol. The van der Waals surface area contributed by atoms with Gasteiger partial charge in [-0.05, 0) is 37.5 Å². The number of hydrogen-bond acceptors (Lipinski definition) is 4. The molecule has 9 heteroatoms. The molecule has 1 aliphatic heterocycles. The van der Waals surface area contributed by atoms with Gasteiger partial charge >= 0.3 is 0 Å². The molecule has 1 heterocycles. The lowest BCUT2D eigenvalue weighted by Crippen LogP contribution is -2.26. The van der Waals surface area contributed by atoms with Crippen LogP contribution in [0.3, 0.4) is 0 Å². The second kappa shape index (κ2) is 6.14. The molecule has 0 radical (unpaired) electrons. The second-order valence-electron chi connectivity index (χ2n) is 5.96. The Hall–Kier alpha value is -0.990. The van der Waals surface area contributed by atoms with Gasteiger partial charge in [-0.25, -0.2) is 16.8 Å². The van der Waals surface area contributed by atoms with Crippen LogP contribution in [-0.2, 0) is 20.0 Å². The van der Waals surface area contributed by atoms with E-state index < -0.39 is 20.0 Å². The standard InChI is InChI=1S/C14H19ClN2O4S2/c15-13-10-11(16-23(20,21)12-4-1-2-5-12)6-7-14(13)17-8-3-9-22(17,18)19/h6-7,10,12,16H,1-5,8-9H2. The number of hydrogen-bond donors (Lipinski definition) is 1. The molecule has 1 N–H and O–H groups in total. The SMILES string of the molecule is O=S(=O)(Nc1ccc(N2CCCS2(=O)=O)c(Cl)c1)C1CCCC1. The van der Waals surface area contributed by atoms with Crippen molar-refractivity contribution in [1.82, 2.24) is 0 Å². The summed E-state index contributed by atoms with van der Waals surface area (Å²) < 4.78 is 52.4. The molecule has 23 heavy (non-hydrogen) atoms. The van der Waals surface area contributed by atoms with Crippen LogP contribution in [0.4, 0.5) is 11.4 Å². The molecule has 2 aliphatic rings. The van der Waals surface area contributed by atoms with Gasteiger partial charge in [0.25, 0.3) is 0 Å². The van der Waals surface area contributed by atoms with Gasteiger partial charge in [0, 0.05) is 6.54 Å². The molecule has 1 aliphatic carbocycles. The van der Waals surface area contributed by atoms with Gasteiger partial charge in [-0.1, -0.05) is 24.4 Å². The molecule has 128 valence electrons. The van der Waals surface area contributed by atoms with Crippen LogP contribution in [-0.4, -0.2) is 34.4 Å². The highest BCUT2D eigenvalue weighted by molar-refractivity contribution is 7.93. The predicted octanol–water partition coefficient (Wildman–Crippen LogP) is 2.56. The van der Waals surface area contributed by atoms with Gasteiger partial charge < -0.3 is 0 Å². The van der Waals surface area contributed by atoms with Crippen LogP contribution in [0.2, 0.25) is 5.02 Å². The summed E-state index contributed by atoms with van der Waals surface area (Å²) in [5, 5.41) is -0.137. The van der Waals surface area contributed by atoms with Crippen molar-refractivity contribution in [2.45, 2.75) is 37.4 Å².